The second-order valence-corrected chi connectivity index (χ2v) is 4.66. The highest BCUT2D eigenvalue weighted by Gasteiger charge is 2.09. The molecule has 0 saturated carbocycles. The van der Waals surface area contributed by atoms with Gasteiger partial charge < -0.3 is 10.0 Å². The molecule has 3 heteroatoms. The lowest BCUT2D eigenvalue weighted by atomic mass is 10.1. The Bertz CT molecular complexity index is 434. The smallest absolute Gasteiger partial charge is 0.305 e. The lowest BCUT2D eigenvalue weighted by Gasteiger charge is -2.24. The van der Waals surface area contributed by atoms with Crippen LogP contribution in [-0.4, -0.2) is 24.2 Å². The third-order valence-corrected chi connectivity index (χ3v) is 2.77. The van der Waals surface area contributed by atoms with E-state index in [2.05, 4.69) is 11.0 Å². The Labute approximate surface area is 109 Å². The number of hydrogen-bond acceptors (Lipinski definition) is 2. The highest BCUT2D eigenvalue weighted by atomic mass is 16.4. The first-order valence-electron chi connectivity index (χ1n) is 6.16. The van der Waals surface area contributed by atoms with Crippen LogP contribution in [0, 0.1) is 6.92 Å². The molecule has 0 aliphatic heterocycles. The molecule has 0 unspecified atom stereocenters. The van der Waals surface area contributed by atoms with E-state index in [-0.39, 0.29) is 6.42 Å². The summed E-state index contributed by atoms with van der Waals surface area (Å²) in [6.45, 7) is 7.43. The first-order valence-corrected chi connectivity index (χ1v) is 6.16. The van der Waals surface area contributed by atoms with Gasteiger partial charge in [-0.2, -0.15) is 0 Å². The molecule has 1 aromatic rings. The first-order chi connectivity index (χ1) is 8.50. The first kappa shape index (κ1) is 14.3. The number of carbonyl (C=O) groups is 1. The van der Waals surface area contributed by atoms with Gasteiger partial charge in [0.1, 0.15) is 0 Å². The third-order valence-electron chi connectivity index (χ3n) is 2.77. The standard InChI is InChI=1S/C15H21NO2/c1-12(2)8-10-16(11-9-15(17)18)14-7-5-4-6-13(14)3/h4-8H,9-11H2,1-3H3,(H,17,18). The Kier molecular flexibility index (Phi) is 5.43. The number of para-hydroxylation sites is 1. The fraction of sp³-hybridized carbons (Fsp3) is 0.400. The van der Waals surface area contributed by atoms with E-state index in [1.165, 1.54) is 11.1 Å². The number of anilines is 1. The summed E-state index contributed by atoms with van der Waals surface area (Å²) in [5, 5.41) is 8.81. The molecule has 0 aromatic heterocycles. The summed E-state index contributed by atoms with van der Waals surface area (Å²) in [4.78, 5) is 12.8. The predicted molar refractivity (Wildman–Crippen MR) is 75.1 cm³/mol. The van der Waals surface area contributed by atoms with Crippen LogP contribution in [-0.2, 0) is 4.79 Å². The van der Waals surface area contributed by atoms with Crippen molar-refractivity contribution in [3.63, 3.8) is 0 Å². The highest BCUT2D eigenvalue weighted by Crippen LogP contribution is 2.19. The van der Waals surface area contributed by atoms with Gasteiger partial charge >= 0.3 is 5.97 Å². The Morgan fingerprint density at radius 2 is 2.00 bits per heavy atom. The van der Waals surface area contributed by atoms with Crippen LogP contribution in [0.5, 0.6) is 0 Å². The van der Waals surface area contributed by atoms with Gasteiger partial charge in [-0.1, -0.05) is 29.8 Å². The molecule has 0 fully saturated rings. The molecular formula is C15H21NO2. The molecule has 0 atom stereocenters. The van der Waals surface area contributed by atoms with Crippen LogP contribution in [0.15, 0.2) is 35.9 Å². The molecule has 1 N–H and O–H groups in total. The van der Waals surface area contributed by atoms with Gasteiger partial charge in [0.05, 0.1) is 6.42 Å². The number of benzene rings is 1. The second-order valence-electron chi connectivity index (χ2n) is 4.66. The Morgan fingerprint density at radius 3 is 2.56 bits per heavy atom. The molecule has 0 radical (unpaired) electrons. The van der Waals surface area contributed by atoms with E-state index in [9.17, 15) is 4.79 Å². The number of aryl methyl sites for hydroxylation is 1. The Balaban J connectivity index is 2.86. The van der Waals surface area contributed by atoms with E-state index in [0.717, 1.165) is 12.2 Å². The van der Waals surface area contributed by atoms with Crippen molar-refractivity contribution in [3.05, 3.63) is 41.5 Å². The molecule has 0 bridgehead atoms. The van der Waals surface area contributed by atoms with Gasteiger partial charge in [-0.3, -0.25) is 4.79 Å². The fourth-order valence-corrected chi connectivity index (χ4v) is 1.75. The number of carboxylic acid groups (broad SMARTS) is 1. The monoisotopic (exact) mass is 247 g/mol. The normalized spacial score (nSPS) is 9.94. The van der Waals surface area contributed by atoms with Gasteiger partial charge in [0, 0.05) is 18.8 Å². The summed E-state index contributed by atoms with van der Waals surface area (Å²) in [7, 11) is 0. The van der Waals surface area contributed by atoms with Crippen molar-refractivity contribution in [2.75, 3.05) is 18.0 Å². The van der Waals surface area contributed by atoms with Crippen LogP contribution in [0.4, 0.5) is 5.69 Å². The van der Waals surface area contributed by atoms with Crippen molar-refractivity contribution >= 4 is 11.7 Å². The average molecular weight is 247 g/mol. The number of nitrogens with zero attached hydrogens (tertiary/aromatic N) is 1. The van der Waals surface area contributed by atoms with Gasteiger partial charge in [-0.05, 0) is 32.4 Å². The van der Waals surface area contributed by atoms with Crippen molar-refractivity contribution in [1.29, 1.82) is 0 Å². The molecular weight excluding hydrogens is 226 g/mol. The topological polar surface area (TPSA) is 40.5 Å². The molecule has 1 aromatic carbocycles. The molecule has 3 nitrogen and oxygen atoms in total. The number of rotatable bonds is 6. The lowest BCUT2D eigenvalue weighted by molar-refractivity contribution is -0.136. The van der Waals surface area contributed by atoms with Gasteiger partial charge in [-0.25, -0.2) is 0 Å². The van der Waals surface area contributed by atoms with Crippen LogP contribution in [0.2, 0.25) is 0 Å². The molecule has 0 spiro atoms. The van der Waals surface area contributed by atoms with Gasteiger partial charge in [0.2, 0.25) is 0 Å². The quantitative estimate of drug-likeness (QED) is 0.784. The minimum atomic E-state index is -0.759. The van der Waals surface area contributed by atoms with Crippen molar-refractivity contribution in [1.82, 2.24) is 0 Å². The highest BCUT2D eigenvalue weighted by molar-refractivity contribution is 5.68. The molecule has 0 amide bonds. The summed E-state index contributed by atoms with van der Waals surface area (Å²) in [6.07, 6.45) is 2.28. The molecule has 0 saturated heterocycles. The van der Waals surface area contributed by atoms with E-state index in [1.54, 1.807) is 0 Å². The number of hydrogen-bond donors (Lipinski definition) is 1. The zero-order valence-corrected chi connectivity index (χ0v) is 11.3. The minimum Gasteiger partial charge on any atom is -0.481 e. The van der Waals surface area contributed by atoms with Crippen LogP contribution in [0.25, 0.3) is 0 Å². The summed E-state index contributed by atoms with van der Waals surface area (Å²) in [6, 6.07) is 8.06. The molecule has 98 valence electrons. The predicted octanol–water partition coefficient (Wildman–Crippen LogP) is 3.24. The average Bonchev–Trinajstić information content (AvgIpc) is 2.30. The van der Waals surface area contributed by atoms with Crippen molar-refractivity contribution in [2.45, 2.75) is 27.2 Å². The number of carboxylic acids is 1. The van der Waals surface area contributed by atoms with Crippen molar-refractivity contribution in [3.8, 4) is 0 Å². The number of allylic oxidation sites excluding steroid dienone is 1. The molecule has 0 aliphatic carbocycles. The van der Waals surface area contributed by atoms with Gasteiger partial charge in [0.15, 0.2) is 0 Å². The van der Waals surface area contributed by atoms with Crippen LogP contribution < -0.4 is 4.90 Å². The van der Waals surface area contributed by atoms with E-state index < -0.39 is 5.97 Å². The van der Waals surface area contributed by atoms with Crippen molar-refractivity contribution < 1.29 is 9.90 Å². The molecule has 0 aliphatic rings. The molecule has 18 heavy (non-hydrogen) atoms. The maximum absolute atomic E-state index is 10.7. The van der Waals surface area contributed by atoms with E-state index >= 15 is 0 Å². The molecule has 1 rings (SSSR count). The summed E-state index contributed by atoms with van der Waals surface area (Å²) < 4.78 is 0. The van der Waals surface area contributed by atoms with Crippen molar-refractivity contribution in [2.24, 2.45) is 0 Å². The second kappa shape index (κ2) is 6.84. The fourth-order valence-electron chi connectivity index (χ4n) is 1.75. The van der Waals surface area contributed by atoms with E-state index in [4.69, 9.17) is 5.11 Å². The van der Waals surface area contributed by atoms with Gasteiger partial charge in [0.25, 0.3) is 0 Å². The van der Waals surface area contributed by atoms with E-state index in [1.807, 2.05) is 45.0 Å². The van der Waals surface area contributed by atoms with Gasteiger partial charge in [-0.15, -0.1) is 0 Å². The molecule has 0 heterocycles. The zero-order chi connectivity index (χ0) is 13.5. The maximum Gasteiger partial charge on any atom is 0.305 e. The van der Waals surface area contributed by atoms with E-state index in [0.29, 0.717) is 6.54 Å². The zero-order valence-electron chi connectivity index (χ0n) is 11.3. The minimum absolute atomic E-state index is 0.158. The largest absolute Gasteiger partial charge is 0.481 e. The van der Waals surface area contributed by atoms with Crippen LogP contribution >= 0.6 is 0 Å². The van der Waals surface area contributed by atoms with Crippen LogP contribution in [0.1, 0.15) is 25.8 Å². The lowest BCUT2D eigenvalue weighted by Crippen LogP contribution is -2.27. The Hall–Kier alpha value is -1.77. The SMILES string of the molecule is CC(C)=CCN(CCC(=O)O)c1ccccc1C. The number of aliphatic carboxylic acids is 1. The third kappa shape index (κ3) is 4.62. The Morgan fingerprint density at radius 1 is 1.33 bits per heavy atom. The summed E-state index contributed by atoms with van der Waals surface area (Å²) in [5.74, 6) is -0.759. The summed E-state index contributed by atoms with van der Waals surface area (Å²) in [5.41, 5.74) is 3.52. The maximum atomic E-state index is 10.7. The van der Waals surface area contributed by atoms with Crippen LogP contribution in [0.3, 0.4) is 0 Å². The summed E-state index contributed by atoms with van der Waals surface area (Å²) >= 11 is 0.